The van der Waals surface area contributed by atoms with Crippen molar-refractivity contribution < 1.29 is 4.92 Å². The van der Waals surface area contributed by atoms with Gasteiger partial charge in [0.25, 0.3) is 5.69 Å². The molecule has 1 aromatic carbocycles. The van der Waals surface area contributed by atoms with E-state index in [9.17, 15) is 10.1 Å². The highest BCUT2D eigenvalue weighted by Gasteiger charge is 2.15. The van der Waals surface area contributed by atoms with Gasteiger partial charge in [-0.05, 0) is 31.5 Å². The number of aryl methyl sites for hydroxylation is 2. The Hall–Kier alpha value is -2.43. The largest absolute Gasteiger partial charge is 0.348 e. The minimum absolute atomic E-state index is 0.0653. The van der Waals surface area contributed by atoms with Crippen molar-refractivity contribution in [3.63, 3.8) is 0 Å². The van der Waals surface area contributed by atoms with Gasteiger partial charge in [0.05, 0.1) is 16.8 Å². The van der Waals surface area contributed by atoms with Gasteiger partial charge in [0.15, 0.2) is 0 Å². The monoisotopic (exact) mass is 243 g/mol. The summed E-state index contributed by atoms with van der Waals surface area (Å²) in [6, 6.07) is 8.69. The Labute approximate surface area is 105 Å². The van der Waals surface area contributed by atoms with Gasteiger partial charge in [0.1, 0.15) is 5.69 Å². The Morgan fingerprint density at radius 1 is 1.22 bits per heavy atom. The highest BCUT2D eigenvalue weighted by atomic mass is 16.6. The molecule has 0 radical (unpaired) electrons. The number of aromatic nitrogens is 1. The number of nitro groups is 1. The average molecular weight is 243 g/mol. The van der Waals surface area contributed by atoms with E-state index in [0.29, 0.717) is 5.69 Å². The van der Waals surface area contributed by atoms with Crippen LogP contribution in [0, 0.1) is 24.0 Å². The van der Waals surface area contributed by atoms with Crippen molar-refractivity contribution in [3.05, 3.63) is 57.9 Å². The summed E-state index contributed by atoms with van der Waals surface area (Å²) in [4.78, 5) is 14.7. The predicted octanol–water partition coefficient (Wildman–Crippen LogP) is 3.35. The summed E-state index contributed by atoms with van der Waals surface area (Å²) in [5, 5.41) is 14.0. The number of rotatable bonds is 3. The van der Waals surface area contributed by atoms with Crippen LogP contribution in [0.3, 0.4) is 0 Å². The van der Waals surface area contributed by atoms with Crippen LogP contribution in [0.4, 0.5) is 17.1 Å². The van der Waals surface area contributed by atoms with Crippen molar-refractivity contribution in [2.45, 2.75) is 13.8 Å². The summed E-state index contributed by atoms with van der Waals surface area (Å²) in [5.41, 5.74) is 3.03. The molecular formula is C13H13N3O2. The van der Waals surface area contributed by atoms with Gasteiger partial charge in [-0.15, -0.1) is 0 Å². The number of benzene rings is 1. The second-order valence-corrected chi connectivity index (χ2v) is 4.04. The maximum atomic E-state index is 11.0. The van der Waals surface area contributed by atoms with Crippen molar-refractivity contribution in [3.8, 4) is 0 Å². The van der Waals surface area contributed by atoms with E-state index in [1.165, 1.54) is 6.07 Å². The second kappa shape index (κ2) is 4.83. The Morgan fingerprint density at radius 3 is 2.61 bits per heavy atom. The Balaban J connectivity index is 2.39. The lowest BCUT2D eigenvalue weighted by atomic mass is 10.1. The van der Waals surface area contributed by atoms with Crippen LogP contribution in [0.1, 0.15) is 11.3 Å². The van der Waals surface area contributed by atoms with Gasteiger partial charge in [-0.2, -0.15) is 0 Å². The third kappa shape index (κ3) is 2.45. The fourth-order valence-corrected chi connectivity index (χ4v) is 1.65. The molecule has 1 N–H and O–H groups in total. The lowest BCUT2D eigenvalue weighted by molar-refractivity contribution is -0.383. The van der Waals surface area contributed by atoms with E-state index in [-0.39, 0.29) is 5.69 Å². The van der Waals surface area contributed by atoms with Crippen molar-refractivity contribution in [2.75, 3.05) is 5.32 Å². The highest BCUT2D eigenvalue weighted by Crippen LogP contribution is 2.30. The molecule has 0 spiro atoms. The Morgan fingerprint density at radius 2 is 2.00 bits per heavy atom. The molecular weight excluding hydrogens is 230 g/mol. The molecule has 0 atom stereocenters. The lowest BCUT2D eigenvalue weighted by Gasteiger charge is -2.09. The van der Waals surface area contributed by atoms with Gasteiger partial charge in [-0.3, -0.25) is 15.1 Å². The van der Waals surface area contributed by atoms with Gasteiger partial charge in [0, 0.05) is 11.8 Å². The molecule has 0 saturated carbocycles. The van der Waals surface area contributed by atoms with E-state index in [0.717, 1.165) is 16.9 Å². The Bertz CT molecular complexity index is 579. The molecule has 0 bridgehead atoms. The number of nitro benzene ring substituents is 1. The second-order valence-electron chi connectivity index (χ2n) is 4.04. The van der Waals surface area contributed by atoms with E-state index < -0.39 is 4.92 Å². The van der Waals surface area contributed by atoms with Crippen LogP contribution in [-0.4, -0.2) is 9.91 Å². The summed E-state index contributed by atoms with van der Waals surface area (Å²) in [7, 11) is 0. The zero-order valence-corrected chi connectivity index (χ0v) is 10.2. The molecule has 92 valence electrons. The fourth-order valence-electron chi connectivity index (χ4n) is 1.65. The zero-order valence-electron chi connectivity index (χ0n) is 10.2. The van der Waals surface area contributed by atoms with Gasteiger partial charge < -0.3 is 5.32 Å². The van der Waals surface area contributed by atoms with Crippen molar-refractivity contribution in [2.24, 2.45) is 0 Å². The first kappa shape index (κ1) is 12.0. The minimum atomic E-state index is -0.392. The van der Waals surface area contributed by atoms with E-state index >= 15 is 0 Å². The van der Waals surface area contributed by atoms with Gasteiger partial charge in [-0.1, -0.05) is 12.1 Å². The Kier molecular flexibility index (Phi) is 3.23. The fraction of sp³-hybridized carbons (Fsp3) is 0.154. The molecule has 0 saturated heterocycles. The maximum Gasteiger partial charge on any atom is 0.292 e. The van der Waals surface area contributed by atoms with Crippen LogP contribution < -0.4 is 5.32 Å². The van der Waals surface area contributed by atoms with Crippen LogP contribution in [0.5, 0.6) is 0 Å². The first-order valence-electron chi connectivity index (χ1n) is 5.51. The highest BCUT2D eigenvalue weighted by molar-refractivity contribution is 5.72. The molecule has 1 heterocycles. The first-order valence-corrected chi connectivity index (χ1v) is 5.51. The van der Waals surface area contributed by atoms with Crippen LogP contribution in [-0.2, 0) is 0 Å². The maximum absolute atomic E-state index is 11.0. The lowest BCUT2D eigenvalue weighted by Crippen LogP contribution is -1.99. The first-order chi connectivity index (χ1) is 8.58. The molecule has 0 fully saturated rings. The molecule has 1 aromatic heterocycles. The summed E-state index contributed by atoms with van der Waals surface area (Å²) in [6.07, 6.45) is 1.66. The standard InChI is InChI=1S/C13H13N3O2/c1-9-4-3-5-12(16(17)18)13(9)15-11-7-6-10(2)14-8-11/h3-8,15H,1-2H3. The summed E-state index contributed by atoms with van der Waals surface area (Å²) < 4.78 is 0. The van der Waals surface area contributed by atoms with Crippen LogP contribution in [0.15, 0.2) is 36.5 Å². The normalized spacial score (nSPS) is 10.1. The van der Waals surface area contributed by atoms with Crippen LogP contribution in [0.25, 0.3) is 0 Å². The predicted molar refractivity (Wildman–Crippen MR) is 70.1 cm³/mol. The van der Waals surface area contributed by atoms with Crippen molar-refractivity contribution in [1.29, 1.82) is 0 Å². The molecule has 0 aliphatic rings. The molecule has 2 aromatic rings. The molecule has 5 nitrogen and oxygen atoms in total. The van der Waals surface area contributed by atoms with Gasteiger partial charge in [0.2, 0.25) is 0 Å². The number of hydrogen-bond acceptors (Lipinski definition) is 4. The molecule has 0 unspecified atom stereocenters. The van der Waals surface area contributed by atoms with Crippen LogP contribution in [0.2, 0.25) is 0 Å². The van der Waals surface area contributed by atoms with Crippen molar-refractivity contribution >= 4 is 17.1 Å². The number of para-hydroxylation sites is 1. The minimum Gasteiger partial charge on any atom is -0.348 e. The average Bonchev–Trinajstić information content (AvgIpc) is 2.34. The number of pyridine rings is 1. The van der Waals surface area contributed by atoms with Gasteiger partial charge >= 0.3 is 0 Å². The summed E-state index contributed by atoms with van der Waals surface area (Å²) in [5.74, 6) is 0. The van der Waals surface area contributed by atoms with E-state index in [2.05, 4.69) is 10.3 Å². The third-order valence-corrected chi connectivity index (χ3v) is 2.63. The number of nitrogens with zero attached hydrogens (tertiary/aromatic N) is 2. The molecule has 18 heavy (non-hydrogen) atoms. The molecule has 5 heteroatoms. The molecule has 2 rings (SSSR count). The summed E-state index contributed by atoms with van der Waals surface area (Å²) in [6.45, 7) is 3.72. The molecule has 0 aliphatic heterocycles. The molecule has 0 amide bonds. The van der Waals surface area contributed by atoms with E-state index in [1.807, 2.05) is 32.0 Å². The summed E-state index contributed by atoms with van der Waals surface area (Å²) >= 11 is 0. The third-order valence-electron chi connectivity index (χ3n) is 2.63. The zero-order chi connectivity index (χ0) is 13.1. The van der Waals surface area contributed by atoms with Crippen molar-refractivity contribution in [1.82, 2.24) is 4.98 Å². The molecule has 0 aliphatic carbocycles. The SMILES string of the molecule is Cc1ccc(Nc2c(C)cccc2[N+](=O)[O-])cn1. The smallest absolute Gasteiger partial charge is 0.292 e. The number of anilines is 2. The van der Waals surface area contributed by atoms with E-state index in [1.54, 1.807) is 12.3 Å². The van der Waals surface area contributed by atoms with E-state index in [4.69, 9.17) is 0 Å². The topological polar surface area (TPSA) is 68.1 Å². The van der Waals surface area contributed by atoms with Crippen LogP contribution >= 0.6 is 0 Å². The van der Waals surface area contributed by atoms with Gasteiger partial charge in [-0.25, -0.2) is 0 Å². The quantitative estimate of drug-likeness (QED) is 0.663. The number of hydrogen-bond donors (Lipinski definition) is 1. The number of nitrogens with one attached hydrogen (secondary N) is 1.